The fraction of sp³-hybridized carbons (Fsp3) is 0.286. The zero-order chi connectivity index (χ0) is 22.8. The van der Waals surface area contributed by atoms with Gasteiger partial charge in [-0.3, -0.25) is 10.1 Å². The second-order valence-corrected chi connectivity index (χ2v) is 8.08. The summed E-state index contributed by atoms with van der Waals surface area (Å²) in [4.78, 5) is 15.4. The molecule has 0 radical (unpaired) electrons. The molecule has 0 spiro atoms. The van der Waals surface area contributed by atoms with Gasteiger partial charge in [0.2, 0.25) is 0 Å². The molecule has 1 fully saturated rings. The maximum absolute atomic E-state index is 11.0. The molecule has 2 aromatic carbocycles. The van der Waals surface area contributed by atoms with Crippen LogP contribution in [0.1, 0.15) is 5.69 Å². The molecule has 0 N–H and O–H groups in total. The van der Waals surface area contributed by atoms with E-state index in [1.807, 2.05) is 31.3 Å². The largest absolute Gasteiger partial charge is 0.496 e. The number of benzene rings is 2. The van der Waals surface area contributed by atoms with Gasteiger partial charge in [0.25, 0.3) is 5.69 Å². The molecule has 9 nitrogen and oxygen atoms in total. The van der Waals surface area contributed by atoms with Crippen LogP contribution in [0.25, 0.3) is 11.3 Å². The van der Waals surface area contributed by atoms with E-state index in [2.05, 4.69) is 20.1 Å². The first-order valence-corrected chi connectivity index (χ1v) is 10.7. The van der Waals surface area contributed by atoms with Crippen LogP contribution in [-0.2, 0) is 7.05 Å². The Morgan fingerprint density at radius 3 is 2.56 bits per heavy atom. The average Bonchev–Trinajstić information content (AvgIpc) is 3.19. The van der Waals surface area contributed by atoms with E-state index in [1.54, 1.807) is 17.9 Å². The summed E-state index contributed by atoms with van der Waals surface area (Å²) in [6, 6.07) is 12.2. The summed E-state index contributed by atoms with van der Waals surface area (Å²) in [6.07, 6.45) is 0. The average molecular weight is 473 g/mol. The van der Waals surface area contributed by atoms with Crippen LogP contribution in [0, 0.1) is 10.1 Å². The fourth-order valence-corrected chi connectivity index (χ4v) is 4.49. The number of thiocarbonyl (C=S) groups is 1. The second kappa shape index (κ2) is 9.09. The number of nitrogens with zero attached hydrogens (tertiary/aromatic N) is 6. The van der Waals surface area contributed by atoms with Crippen molar-refractivity contribution in [1.29, 1.82) is 0 Å². The second-order valence-electron chi connectivity index (χ2n) is 7.28. The molecule has 1 aliphatic rings. The molecule has 1 saturated heterocycles. The Hall–Kier alpha value is -3.24. The number of para-hydroxylation sites is 1. The molecule has 1 aromatic heterocycles. The predicted molar refractivity (Wildman–Crippen MR) is 127 cm³/mol. The highest BCUT2D eigenvalue weighted by Gasteiger charge is 2.27. The molecule has 11 heteroatoms. The van der Waals surface area contributed by atoms with Crippen molar-refractivity contribution in [3.8, 4) is 17.0 Å². The lowest BCUT2D eigenvalue weighted by Gasteiger charge is -2.37. The van der Waals surface area contributed by atoms with Gasteiger partial charge in [0.15, 0.2) is 0 Å². The maximum atomic E-state index is 11.0. The van der Waals surface area contributed by atoms with Gasteiger partial charge in [0.1, 0.15) is 22.1 Å². The highest BCUT2D eigenvalue weighted by molar-refractivity contribution is 7.80. The maximum Gasteiger partial charge on any atom is 0.271 e. The lowest BCUT2D eigenvalue weighted by molar-refractivity contribution is -0.384. The predicted octanol–water partition coefficient (Wildman–Crippen LogP) is 3.55. The monoisotopic (exact) mass is 472 g/mol. The molecule has 2 heterocycles. The first kappa shape index (κ1) is 22.0. The van der Waals surface area contributed by atoms with Gasteiger partial charge in [-0.2, -0.15) is 0 Å². The molecule has 0 saturated carbocycles. The highest BCUT2D eigenvalue weighted by atomic mass is 35.5. The van der Waals surface area contributed by atoms with Crippen LogP contribution >= 0.6 is 23.8 Å². The SMILES string of the molecule is COc1ccccc1-c1nnn(C)c1C(=S)N1CCN(c2ccc([N+](=O)[O-])cc2Cl)CC1. The molecule has 0 atom stereocenters. The zero-order valence-electron chi connectivity index (χ0n) is 17.6. The van der Waals surface area contributed by atoms with Gasteiger partial charge >= 0.3 is 0 Å². The topological polar surface area (TPSA) is 89.6 Å². The van der Waals surface area contributed by atoms with Crippen LogP contribution in [0.4, 0.5) is 11.4 Å². The Morgan fingerprint density at radius 2 is 1.91 bits per heavy atom. The third-order valence-corrected chi connectivity index (χ3v) is 6.20. The van der Waals surface area contributed by atoms with Crippen molar-refractivity contribution in [3.05, 3.63) is 63.3 Å². The molecule has 0 unspecified atom stereocenters. The van der Waals surface area contributed by atoms with Gasteiger partial charge in [-0.05, 0) is 18.2 Å². The molecule has 32 heavy (non-hydrogen) atoms. The van der Waals surface area contributed by atoms with Crippen LogP contribution in [0.15, 0.2) is 42.5 Å². The first-order chi connectivity index (χ1) is 15.4. The van der Waals surface area contributed by atoms with E-state index < -0.39 is 4.92 Å². The van der Waals surface area contributed by atoms with E-state index in [-0.39, 0.29) is 5.69 Å². The number of aromatic nitrogens is 3. The standard InChI is InChI=1S/C21H21ClN6O3S/c1-25-20(19(23-24-25)15-5-3-4-6-18(15)31-2)21(32)27-11-9-26(10-12-27)17-8-7-14(28(29)30)13-16(17)22/h3-8,13H,9-12H2,1-2H3. The number of halogens is 1. The number of aryl methyl sites for hydroxylation is 1. The lowest BCUT2D eigenvalue weighted by Crippen LogP contribution is -2.49. The van der Waals surface area contributed by atoms with E-state index in [0.717, 1.165) is 16.9 Å². The van der Waals surface area contributed by atoms with Gasteiger partial charge in [-0.1, -0.05) is 41.2 Å². The van der Waals surface area contributed by atoms with E-state index in [1.165, 1.54) is 12.1 Å². The number of hydrogen-bond acceptors (Lipinski definition) is 7. The van der Waals surface area contributed by atoms with Crippen LogP contribution in [-0.4, -0.2) is 63.1 Å². The molecule has 3 aromatic rings. The lowest BCUT2D eigenvalue weighted by atomic mass is 10.1. The number of non-ortho nitro benzene ring substituents is 1. The summed E-state index contributed by atoms with van der Waals surface area (Å²) in [7, 11) is 3.44. The number of piperazine rings is 1. The number of anilines is 1. The fourth-order valence-electron chi connectivity index (χ4n) is 3.78. The Bertz CT molecular complexity index is 1180. The van der Waals surface area contributed by atoms with Gasteiger partial charge < -0.3 is 14.5 Å². The number of methoxy groups -OCH3 is 1. The van der Waals surface area contributed by atoms with Crippen molar-refractivity contribution in [2.24, 2.45) is 7.05 Å². The Labute approximate surface area is 195 Å². The van der Waals surface area contributed by atoms with Crippen LogP contribution in [0.2, 0.25) is 5.02 Å². The van der Waals surface area contributed by atoms with Gasteiger partial charge in [0, 0.05) is 50.9 Å². The third-order valence-electron chi connectivity index (χ3n) is 5.44. The van der Waals surface area contributed by atoms with Crippen molar-refractivity contribution in [2.75, 3.05) is 38.2 Å². The normalized spacial score (nSPS) is 13.8. The zero-order valence-corrected chi connectivity index (χ0v) is 19.1. The first-order valence-electron chi connectivity index (χ1n) is 9.92. The van der Waals surface area contributed by atoms with E-state index >= 15 is 0 Å². The molecule has 0 bridgehead atoms. The van der Waals surface area contributed by atoms with Crippen molar-refractivity contribution in [2.45, 2.75) is 0 Å². The van der Waals surface area contributed by atoms with E-state index in [0.29, 0.717) is 47.6 Å². The summed E-state index contributed by atoms with van der Waals surface area (Å²) in [5, 5.41) is 19.9. The van der Waals surface area contributed by atoms with Crippen LogP contribution in [0.5, 0.6) is 5.75 Å². The van der Waals surface area contributed by atoms with Crippen molar-refractivity contribution >= 4 is 40.2 Å². The molecule has 166 valence electrons. The van der Waals surface area contributed by atoms with E-state index in [4.69, 9.17) is 28.6 Å². The smallest absolute Gasteiger partial charge is 0.271 e. The van der Waals surface area contributed by atoms with Gasteiger partial charge in [-0.25, -0.2) is 4.68 Å². The molecule has 0 amide bonds. The molecule has 4 rings (SSSR count). The number of nitro benzene ring substituents is 1. The Kier molecular flexibility index (Phi) is 6.24. The minimum Gasteiger partial charge on any atom is -0.496 e. The van der Waals surface area contributed by atoms with E-state index in [9.17, 15) is 10.1 Å². The summed E-state index contributed by atoms with van der Waals surface area (Å²) in [5.41, 5.74) is 3.02. The molecule has 1 aliphatic heterocycles. The van der Waals surface area contributed by atoms with Crippen molar-refractivity contribution < 1.29 is 9.66 Å². The summed E-state index contributed by atoms with van der Waals surface area (Å²) < 4.78 is 7.18. The van der Waals surface area contributed by atoms with Crippen molar-refractivity contribution in [1.82, 2.24) is 19.9 Å². The number of rotatable bonds is 5. The quantitative estimate of drug-likeness (QED) is 0.316. The van der Waals surface area contributed by atoms with Gasteiger partial charge in [0.05, 0.1) is 22.7 Å². The Balaban J connectivity index is 1.53. The third kappa shape index (κ3) is 4.11. The molecular weight excluding hydrogens is 452 g/mol. The Morgan fingerprint density at radius 1 is 1.19 bits per heavy atom. The molecular formula is C21H21ClN6O3S. The molecule has 0 aliphatic carbocycles. The highest BCUT2D eigenvalue weighted by Crippen LogP contribution is 2.33. The van der Waals surface area contributed by atoms with Gasteiger partial charge in [-0.15, -0.1) is 5.10 Å². The van der Waals surface area contributed by atoms with Crippen LogP contribution in [0.3, 0.4) is 0 Å². The summed E-state index contributed by atoms with van der Waals surface area (Å²) in [6.45, 7) is 2.69. The minimum absolute atomic E-state index is 0.0221. The number of ether oxygens (including phenoxy) is 1. The number of nitro groups is 1. The number of hydrogen-bond donors (Lipinski definition) is 0. The van der Waals surface area contributed by atoms with Crippen molar-refractivity contribution in [3.63, 3.8) is 0 Å². The summed E-state index contributed by atoms with van der Waals surface area (Å²) in [5.74, 6) is 0.703. The minimum atomic E-state index is -0.451. The summed E-state index contributed by atoms with van der Waals surface area (Å²) >= 11 is 12.1. The van der Waals surface area contributed by atoms with Crippen LogP contribution < -0.4 is 9.64 Å².